The lowest BCUT2D eigenvalue weighted by Gasteiger charge is -2.36. The van der Waals surface area contributed by atoms with Crippen LogP contribution in [0, 0.1) is 0 Å². The molecular weight excluding hydrogens is 398 g/mol. The van der Waals surface area contributed by atoms with Crippen LogP contribution in [-0.2, 0) is 6.54 Å². The van der Waals surface area contributed by atoms with Crippen LogP contribution in [0.2, 0.25) is 0 Å². The van der Waals surface area contributed by atoms with E-state index in [4.69, 9.17) is 0 Å². The Hall–Kier alpha value is -1.47. The third-order valence-electron chi connectivity index (χ3n) is 4.39. The second-order valence-electron chi connectivity index (χ2n) is 6.19. The summed E-state index contributed by atoms with van der Waals surface area (Å²) in [5.41, 5.74) is 2.23. The molecule has 0 spiro atoms. The van der Waals surface area contributed by atoms with Crippen molar-refractivity contribution in [3.63, 3.8) is 0 Å². The standard InChI is InChI=1S/C19H22F3N3.2ClH/c20-19(21,22)18(25-12-10-23-11-13-25)16-6-8-17(9-7-16)24-14-15-4-2-1-3-5-15;;/h1-9,18,23-24H,10-14H2;2*1H/t18-;;/m1../s1. The van der Waals surface area contributed by atoms with E-state index in [1.807, 2.05) is 30.3 Å². The molecule has 1 heterocycles. The summed E-state index contributed by atoms with van der Waals surface area (Å²) in [6.07, 6.45) is -4.28. The highest BCUT2D eigenvalue weighted by molar-refractivity contribution is 5.85. The van der Waals surface area contributed by atoms with Gasteiger partial charge in [-0.3, -0.25) is 4.90 Å². The number of piperazine rings is 1. The van der Waals surface area contributed by atoms with E-state index in [0.29, 0.717) is 38.3 Å². The van der Waals surface area contributed by atoms with Crippen LogP contribution in [-0.4, -0.2) is 37.3 Å². The van der Waals surface area contributed by atoms with E-state index in [-0.39, 0.29) is 24.8 Å². The van der Waals surface area contributed by atoms with Crippen LogP contribution in [0.15, 0.2) is 54.6 Å². The Balaban J connectivity index is 0.00000182. The van der Waals surface area contributed by atoms with Gasteiger partial charge in [-0.25, -0.2) is 0 Å². The van der Waals surface area contributed by atoms with Gasteiger partial charge in [0.15, 0.2) is 0 Å². The largest absolute Gasteiger partial charge is 0.408 e. The van der Waals surface area contributed by atoms with Crippen LogP contribution in [0.25, 0.3) is 0 Å². The minimum Gasteiger partial charge on any atom is -0.381 e. The number of hydrogen-bond acceptors (Lipinski definition) is 3. The van der Waals surface area contributed by atoms with E-state index in [0.717, 1.165) is 11.3 Å². The predicted molar refractivity (Wildman–Crippen MR) is 108 cm³/mol. The zero-order valence-electron chi connectivity index (χ0n) is 14.7. The Kier molecular flexibility index (Phi) is 9.39. The number of anilines is 1. The van der Waals surface area contributed by atoms with Crippen molar-refractivity contribution in [3.05, 3.63) is 65.7 Å². The molecule has 2 aromatic carbocycles. The average Bonchev–Trinajstić information content (AvgIpc) is 2.62. The molecule has 0 bridgehead atoms. The molecule has 8 heteroatoms. The molecule has 150 valence electrons. The zero-order valence-corrected chi connectivity index (χ0v) is 16.3. The molecule has 1 saturated heterocycles. The molecule has 1 atom stereocenters. The summed E-state index contributed by atoms with van der Waals surface area (Å²) in [4.78, 5) is 1.50. The van der Waals surface area contributed by atoms with E-state index in [9.17, 15) is 13.2 Å². The SMILES string of the molecule is Cl.Cl.FC(F)(F)[C@@H](c1ccc(NCc2ccccc2)cc1)N1CCNCC1. The van der Waals surface area contributed by atoms with Crippen LogP contribution in [0.1, 0.15) is 17.2 Å². The quantitative estimate of drug-likeness (QED) is 0.735. The molecule has 0 aromatic heterocycles. The number of halogens is 5. The first-order valence-electron chi connectivity index (χ1n) is 8.43. The molecule has 3 nitrogen and oxygen atoms in total. The first-order chi connectivity index (χ1) is 12.0. The number of nitrogens with zero attached hydrogens (tertiary/aromatic N) is 1. The van der Waals surface area contributed by atoms with E-state index in [1.165, 1.54) is 4.90 Å². The fourth-order valence-corrected chi connectivity index (χ4v) is 3.13. The smallest absolute Gasteiger partial charge is 0.381 e. The van der Waals surface area contributed by atoms with Crippen molar-refractivity contribution in [2.24, 2.45) is 0 Å². The monoisotopic (exact) mass is 421 g/mol. The molecule has 0 aliphatic carbocycles. The summed E-state index contributed by atoms with van der Waals surface area (Å²) < 4.78 is 40.7. The van der Waals surface area contributed by atoms with Crippen LogP contribution in [0.5, 0.6) is 0 Å². The Bertz CT molecular complexity index is 660. The van der Waals surface area contributed by atoms with Crippen molar-refractivity contribution < 1.29 is 13.2 Å². The highest BCUT2D eigenvalue weighted by Gasteiger charge is 2.44. The van der Waals surface area contributed by atoms with Crippen molar-refractivity contribution in [2.75, 3.05) is 31.5 Å². The third-order valence-corrected chi connectivity index (χ3v) is 4.39. The molecule has 0 saturated carbocycles. The van der Waals surface area contributed by atoms with Gasteiger partial charge >= 0.3 is 6.18 Å². The molecule has 1 aliphatic heterocycles. The van der Waals surface area contributed by atoms with Gasteiger partial charge in [-0.05, 0) is 23.3 Å². The second-order valence-corrected chi connectivity index (χ2v) is 6.19. The minimum absolute atomic E-state index is 0. The molecule has 3 rings (SSSR count). The van der Waals surface area contributed by atoms with Crippen molar-refractivity contribution >= 4 is 30.5 Å². The summed E-state index contributed by atoms with van der Waals surface area (Å²) >= 11 is 0. The summed E-state index contributed by atoms with van der Waals surface area (Å²) in [6, 6.07) is 14.9. The summed E-state index contributed by atoms with van der Waals surface area (Å²) in [7, 11) is 0. The van der Waals surface area contributed by atoms with Gasteiger partial charge in [0.1, 0.15) is 6.04 Å². The van der Waals surface area contributed by atoms with Crippen LogP contribution in [0.4, 0.5) is 18.9 Å². The number of benzene rings is 2. The predicted octanol–water partition coefficient (Wildman–Crippen LogP) is 4.65. The normalized spacial score (nSPS) is 16.0. The molecule has 2 aromatic rings. The first kappa shape index (κ1) is 23.6. The maximum atomic E-state index is 13.6. The van der Waals surface area contributed by atoms with Gasteiger partial charge in [0.25, 0.3) is 0 Å². The van der Waals surface area contributed by atoms with E-state index in [1.54, 1.807) is 24.3 Å². The molecule has 0 unspecified atom stereocenters. The molecule has 27 heavy (non-hydrogen) atoms. The number of hydrogen-bond donors (Lipinski definition) is 2. The van der Waals surface area contributed by atoms with Gasteiger partial charge in [0.2, 0.25) is 0 Å². The molecule has 0 amide bonds. The van der Waals surface area contributed by atoms with Crippen molar-refractivity contribution in [2.45, 2.75) is 18.8 Å². The van der Waals surface area contributed by atoms with Gasteiger partial charge in [0.05, 0.1) is 0 Å². The van der Waals surface area contributed by atoms with Gasteiger partial charge in [0, 0.05) is 38.4 Å². The van der Waals surface area contributed by atoms with Gasteiger partial charge in [-0.15, -0.1) is 24.8 Å². The van der Waals surface area contributed by atoms with Crippen LogP contribution < -0.4 is 10.6 Å². The van der Waals surface area contributed by atoms with Crippen molar-refractivity contribution in [1.82, 2.24) is 10.2 Å². The lowest BCUT2D eigenvalue weighted by molar-refractivity contribution is -0.187. The molecule has 2 N–H and O–H groups in total. The fraction of sp³-hybridized carbons (Fsp3) is 0.368. The highest BCUT2D eigenvalue weighted by atomic mass is 35.5. The molecule has 1 aliphatic rings. The highest BCUT2D eigenvalue weighted by Crippen LogP contribution is 2.38. The van der Waals surface area contributed by atoms with E-state index < -0.39 is 12.2 Å². The maximum Gasteiger partial charge on any atom is 0.408 e. The fourth-order valence-electron chi connectivity index (χ4n) is 3.13. The van der Waals surface area contributed by atoms with Gasteiger partial charge in [-0.1, -0.05) is 42.5 Å². The Labute approximate surface area is 170 Å². The van der Waals surface area contributed by atoms with Crippen molar-refractivity contribution in [1.29, 1.82) is 0 Å². The van der Waals surface area contributed by atoms with Gasteiger partial charge < -0.3 is 10.6 Å². The van der Waals surface area contributed by atoms with E-state index >= 15 is 0 Å². The maximum absolute atomic E-state index is 13.6. The van der Waals surface area contributed by atoms with Crippen molar-refractivity contribution in [3.8, 4) is 0 Å². The van der Waals surface area contributed by atoms with Crippen LogP contribution in [0.3, 0.4) is 0 Å². The van der Waals surface area contributed by atoms with Crippen LogP contribution >= 0.6 is 24.8 Å². The van der Waals surface area contributed by atoms with Gasteiger partial charge in [-0.2, -0.15) is 13.2 Å². The van der Waals surface area contributed by atoms with E-state index in [2.05, 4.69) is 10.6 Å². The summed E-state index contributed by atoms with van der Waals surface area (Å²) in [5.74, 6) is 0. The Morgan fingerprint density at radius 3 is 2.07 bits per heavy atom. The number of nitrogens with one attached hydrogen (secondary N) is 2. The molecule has 1 fully saturated rings. The summed E-state index contributed by atoms with van der Waals surface area (Å²) in [5, 5.41) is 6.34. The number of alkyl halides is 3. The number of rotatable bonds is 5. The molecule has 0 radical (unpaired) electrons. The topological polar surface area (TPSA) is 27.3 Å². The molecular formula is C19H24Cl2F3N3. The third kappa shape index (κ3) is 6.57. The Morgan fingerprint density at radius 2 is 1.52 bits per heavy atom. The zero-order chi connectivity index (χ0) is 17.7. The lowest BCUT2D eigenvalue weighted by atomic mass is 10.0. The average molecular weight is 422 g/mol. The Morgan fingerprint density at radius 1 is 0.926 bits per heavy atom. The lowest BCUT2D eigenvalue weighted by Crippen LogP contribution is -2.49. The summed E-state index contributed by atoms with van der Waals surface area (Å²) in [6.45, 7) is 2.61. The first-order valence-corrected chi connectivity index (χ1v) is 8.43. The minimum atomic E-state index is -4.28. The second kappa shape index (κ2) is 10.8.